The first-order chi connectivity index (χ1) is 10.3. The van der Waals surface area contributed by atoms with Crippen LogP contribution in [0.4, 0.5) is 4.79 Å². The van der Waals surface area contributed by atoms with E-state index in [-0.39, 0.29) is 12.7 Å². The Morgan fingerprint density at radius 3 is 2.52 bits per heavy atom. The summed E-state index contributed by atoms with van der Waals surface area (Å²) in [4.78, 5) is 15.8. The minimum Gasteiger partial charge on any atom is -0.445 e. The van der Waals surface area contributed by atoms with E-state index in [9.17, 15) is 4.79 Å². The largest absolute Gasteiger partial charge is 0.445 e. The van der Waals surface area contributed by atoms with Crippen LogP contribution in [0.2, 0.25) is 0 Å². The smallest absolute Gasteiger partial charge is 0.410 e. The first-order valence-electron chi connectivity index (χ1n) is 7.04. The summed E-state index contributed by atoms with van der Waals surface area (Å²) >= 11 is 0. The number of piperazine rings is 1. The summed E-state index contributed by atoms with van der Waals surface area (Å²) in [5, 5.41) is 8.60. The van der Waals surface area contributed by atoms with Crippen LogP contribution in [0.1, 0.15) is 5.56 Å². The van der Waals surface area contributed by atoms with Gasteiger partial charge in [-0.15, -0.1) is 0 Å². The molecule has 0 atom stereocenters. The SMILES string of the molecule is O=C(OCc1ccccc1)N1CCN(CC#CCO)CC1. The summed E-state index contributed by atoms with van der Waals surface area (Å²) in [6.07, 6.45) is -0.264. The molecule has 1 aliphatic heterocycles. The Labute approximate surface area is 125 Å². The minimum atomic E-state index is -0.264. The molecule has 1 saturated heterocycles. The molecule has 2 rings (SSSR count). The van der Waals surface area contributed by atoms with E-state index < -0.39 is 0 Å². The Hall–Kier alpha value is -2.03. The van der Waals surface area contributed by atoms with Crippen molar-refractivity contribution in [2.75, 3.05) is 39.3 Å². The molecule has 1 fully saturated rings. The number of rotatable bonds is 3. The number of benzene rings is 1. The second kappa shape index (κ2) is 8.30. The van der Waals surface area contributed by atoms with E-state index in [2.05, 4.69) is 16.7 Å². The molecule has 1 aromatic rings. The Balaban J connectivity index is 1.70. The van der Waals surface area contributed by atoms with Gasteiger partial charge in [0.15, 0.2) is 0 Å². The number of aliphatic hydroxyl groups excluding tert-OH is 1. The number of carbonyl (C=O) groups excluding carboxylic acids is 1. The van der Waals surface area contributed by atoms with Gasteiger partial charge in [0.1, 0.15) is 13.2 Å². The van der Waals surface area contributed by atoms with Gasteiger partial charge in [-0.1, -0.05) is 42.2 Å². The van der Waals surface area contributed by atoms with Gasteiger partial charge in [0.05, 0.1) is 6.54 Å². The fraction of sp³-hybridized carbons (Fsp3) is 0.438. The average Bonchev–Trinajstić information content (AvgIpc) is 2.54. The van der Waals surface area contributed by atoms with Crippen LogP contribution in [0.25, 0.3) is 0 Å². The quantitative estimate of drug-likeness (QED) is 0.841. The highest BCUT2D eigenvalue weighted by atomic mass is 16.6. The van der Waals surface area contributed by atoms with Gasteiger partial charge in [-0.05, 0) is 5.56 Å². The molecule has 0 spiro atoms. The molecule has 0 saturated carbocycles. The van der Waals surface area contributed by atoms with Crippen LogP contribution in [-0.2, 0) is 11.3 Å². The normalized spacial score (nSPS) is 15.2. The molecule has 1 N–H and O–H groups in total. The highest BCUT2D eigenvalue weighted by Crippen LogP contribution is 2.06. The van der Waals surface area contributed by atoms with Crippen molar-refractivity contribution in [3.05, 3.63) is 35.9 Å². The third kappa shape index (κ3) is 5.10. The lowest BCUT2D eigenvalue weighted by atomic mass is 10.2. The van der Waals surface area contributed by atoms with E-state index in [0.29, 0.717) is 26.2 Å². The maximum Gasteiger partial charge on any atom is 0.410 e. The number of carbonyl (C=O) groups is 1. The third-order valence-corrected chi connectivity index (χ3v) is 3.34. The molecule has 5 nitrogen and oxygen atoms in total. The Morgan fingerprint density at radius 1 is 1.14 bits per heavy atom. The second-order valence-corrected chi connectivity index (χ2v) is 4.82. The monoisotopic (exact) mass is 288 g/mol. The van der Waals surface area contributed by atoms with Crippen LogP contribution in [0, 0.1) is 11.8 Å². The van der Waals surface area contributed by atoms with Crippen molar-refractivity contribution >= 4 is 6.09 Å². The van der Waals surface area contributed by atoms with Crippen molar-refractivity contribution in [3.8, 4) is 11.8 Å². The van der Waals surface area contributed by atoms with E-state index in [1.54, 1.807) is 4.90 Å². The number of hydrogen-bond donors (Lipinski definition) is 1. The molecule has 0 bridgehead atoms. The molecule has 1 heterocycles. The summed E-state index contributed by atoms with van der Waals surface area (Å²) in [7, 11) is 0. The molecule has 0 aromatic heterocycles. The van der Waals surface area contributed by atoms with Gasteiger partial charge in [0.2, 0.25) is 0 Å². The molecule has 0 unspecified atom stereocenters. The molecular formula is C16H20N2O3. The van der Waals surface area contributed by atoms with Gasteiger partial charge in [0.25, 0.3) is 0 Å². The van der Waals surface area contributed by atoms with Crippen LogP contribution in [0.3, 0.4) is 0 Å². The first kappa shape index (κ1) is 15.4. The Kier molecular flexibility index (Phi) is 6.07. The van der Waals surface area contributed by atoms with Crippen molar-refractivity contribution in [2.24, 2.45) is 0 Å². The van der Waals surface area contributed by atoms with E-state index in [0.717, 1.165) is 18.7 Å². The van der Waals surface area contributed by atoms with Crippen LogP contribution >= 0.6 is 0 Å². The molecule has 1 aliphatic rings. The van der Waals surface area contributed by atoms with Crippen molar-refractivity contribution in [1.29, 1.82) is 0 Å². The zero-order valence-electron chi connectivity index (χ0n) is 12.0. The van der Waals surface area contributed by atoms with Crippen LogP contribution < -0.4 is 0 Å². The number of amides is 1. The summed E-state index contributed by atoms with van der Waals surface area (Å²) in [5.41, 5.74) is 0.990. The van der Waals surface area contributed by atoms with Gasteiger partial charge in [-0.2, -0.15) is 0 Å². The molecule has 5 heteroatoms. The predicted octanol–water partition coefficient (Wildman–Crippen LogP) is 0.937. The standard InChI is InChI=1S/C16H20N2O3/c19-13-5-4-8-17-9-11-18(12-10-17)16(20)21-14-15-6-2-1-3-7-15/h1-3,6-7,19H,8-14H2. The summed E-state index contributed by atoms with van der Waals surface area (Å²) in [6.45, 7) is 3.69. The van der Waals surface area contributed by atoms with Gasteiger partial charge < -0.3 is 14.7 Å². The van der Waals surface area contributed by atoms with Gasteiger partial charge >= 0.3 is 6.09 Å². The lowest BCUT2D eigenvalue weighted by Crippen LogP contribution is -2.48. The summed E-state index contributed by atoms with van der Waals surface area (Å²) in [5.74, 6) is 5.51. The zero-order chi connectivity index (χ0) is 14.9. The van der Waals surface area contributed by atoms with E-state index in [4.69, 9.17) is 9.84 Å². The Bertz CT molecular complexity index is 499. The number of hydrogen-bond acceptors (Lipinski definition) is 4. The topological polar surface area (TPSA) is 53.0 Å². The molecule has 0 aliphatic carbocycles. The fourth-order valence-electron chi connectivity index (χ4n) is 2.12. The molecule has 1 amide bonds. The van der Waals surface area contributed by atoms with Crippen molar-refractivity contribution in [2.45, 2.75) is 6.61 Å². The molecule has 0 radical (unpaired) electrons. The van der Waals surface area contributed by atoms with Gasteiger partial charge in [-0.25, -0.2) is 4.79 Å². The van der Waals surface area contributed by atoms with E-state index in [1.165, 1.54) is 0 Å². The van der Waals surface area contributed by atoms with Crippen LogP contribution in [0.15, 0.2) is 30.3 Å². The van der Waals surface area contributed by atoms with E-state index in [1.807, 2.05) is 30.3 Å². The predicted molar refractivity (Wildman–Crippen MR) is 79.5 cm³/mol. The van der Waals surface area contributed by atoms with Crippen molar-refractivity contribution in [1.82, 2.24) is 9.80 Å². The molecule has 1 aromatic carbocycles. The summed E-state index contributed by atoms with van der Waals surface area (Å²) in [6, 6.07) is 9.66. The minimum absolute atomic E-state index is 0.105. The van der Waals surface area contributed by atoms with Gasteiger partial charge in [0, 0.05) is 26.2 Å². The van der Waals surface area contributed by atoms with Crippen molar-refractivity contribution < 1.29 is 14.6 Å². The maximum absolute atomic E-state index is 12.0. The fourth-order valence-corrected chi connectivity index (χ4v) is 2.12. The number of nitrogens with zero attached hydrogens (tertiary/aromatic N) is 2. The van der Waals surface area contributed by atoms with Crippen LogP contribution in [-0.4, -0.2) is 60.3 Å². The average molecular weight is 288 g/mol. The van der Waals surface area contributed by atoms with Crippen LogP contribution in [0.5, 0.6) is 0 Å². The highest BCUT2D eigenvalue weighted by Gasteiger charge is 2.21. The number of aliphatic hydroxyl groups is 1. The third-order valence-electron chi connectivity index (χ3n) is 3.34. The second-order valence-electron chi connectivity index (χ2n) is 4.82. The number of ether oxygens (including phenoxy) is 1. The first-order valence-corrected chi connectivity index (χ1v) is 7.04. The highest BCUT2D eigenvalue weighted by molar-refractivity contribution is 5.67. The van der Waals surface area contributed by atoms with Gasteiger partial charge in [-0.3, -0.25) is 4.90 Å². The summed E-state index contributed by atoms with van der Waals surface area (Å²) < 4.78 is 5.31. The molecule has 21 heavy (non-hydrogen) atoms. The van der Waals surface area contributed by atoms with Crippen molar-refractivity contribution in [3.63, 3.8) is 0 Å². The molecule has 112 valence electrons. The zero-order valence-corrected chi connectivity index (χ0v) is 12.0. The molecular weight excluding hydrogens is 268 g/mol. The van der Waals surface area contributed by atoms with E-state index >= 15 is 0 Å². The maximum atomic E-state index is 12.0. The lowest BCUT2D eigenvalue weighted by molar-refractivity contribution is 0.0745. The lowest BCUT2D eigenvalue weighted by Gasteiger charge is -2.32. The Morgan fingerprint density at radius 2 is 1.86 bits per heavy atom.